The number of aliphatic hydroxyl groups excluding tert-OH is 1. The molecule has 0 spiro atoms. The zero-order chi connectivity index (χ0) is 20.4. The molecule has 5 heteroatoms. The Hall–Kier alpha value is -3.44. The van der Waals surface area contributed by atoms with Crippen molar-refractivity contribution < 1.29 is 24.2 Å². The van der Waals surface area contributed by atoms with Crippen molar-refractivity contribution in [2.75, 3.05) is 7.11 Å². The number of benzene rings is 3. The van der Waals surface area contributed by atoms with E-state index in [4.69, 9.17) is 9.47 Å². The van der Waals surface area contributed by atoms with Crippen LogP contribution in [0.5, 0.6) is 5.75 Å². The van der Waals surface area contributed by atoms with E-state index in [1.807, 2.05) is 0 Å². The summed E-state index contributed by atoms with van der Waals surface area (Å²) in [5.74, 6) is 0.0233. The number of hydrogen-bond donors (Lipinski definition) is 1. The minimum Gasteiger partial charge on any atom is -0.497 e. The van der Waals surface area contributed by atoms with Gasteiger partial charge in [0.2, 0.25) is 0 Å². The van der Waals surface area contributed by atoms with E-state index in [0.717, 1.165) is 5.56 Å². The Morgan fingerprint density at radius 3 is 2.14 bits per heavy atom. The van der Waals surface area contributed by atoms with Crippen molar-refractivity contribution in [3.63, 3.8) is 0 Å². The summed E-state index contributed by atoms with van der Waals surface area (Å²) in [7, 11) is 1.58. The topological polar surface area (TPSA) is 72.8 Å². The fourth-order valence-corrected chi connectivity index (χ4v) is 3.61. The number of carbonyl (C=O) groups is 2. The van der Waals surface area contributed by atoms with Crippen LogP contribution in [0.4, 0.5) is 0 Å². The predicted molar refractivity (Wildman–Crippen MR) is 107 cm³/mol. The molecule has 0 unspecified atom stereocenters. The van der Waals surface area contributed by atoms with Crippen molar-refractivity contribution in [1.29, 1.82) is 0 Å². The molecule has 3 aromatic rings. The summed E-state index contributed by atoms with van der Waals surface area (Å²) in [5.41, 5.74) is 2.57. The lowest BCUT2D eigenvalue weighted by molar-refractivity contribution is -0.155. The van der Waals surface area contributed by atoms with Crippen LogP contribution in [0.25, 0.3) is 0 Å². The Morgan fingerprint density at radius 2 is 1.48 bits per heavy atom. The Morgan fingerprint density at radius 1 is 0.897 bits per heavy atom. The van der Waals surface area contributed by atoms with Gasteiger partial charge in [-0.05, 0) is 23.3 Å². The van der Waals surface area contributed by atoms with Gasteiger partial charge in [-0.25, -0.2) is 0 Å². The third kappa shape index (κ3) is 3.65. The number of ketones is 1. The Kier molecular flexibility index (Phi) is 5.14. The second-order valence-electron chi connectivity index (χ2n) is 6.88. The fraction of sp³-hybridized carbons (Fsp3) is 0.167. The second-order valence-corrected chi connectivity index (χ2v) is 6.88. The maximum absolute atomic E-state index is 13.0. The molecule has 0 saturated heterocycles. The first kappa shape index (κ1) is 18.9. The van der Waals surface area contributed by atoms with Gasteiger partial charge < -0.3 is 14.6 Å². The summed E-state index contributed by atoms with van der Waals surface area (Å²) in [4.78, 5) is 25.6. The Balaban J connectivity index is 1.65. The largest absolute Gasteiger partial charge is 0.497 e. The zero-order valence-corrected chi connectivity index (χ0v) is 15.9. The van der Waals surface area contributed by atoms with Gasteiger partial charge in [0.15, 0.2) is 11.9 Å². The zero-order valence-electron chi connectivity index (χ0n) is 15.9. The van der Waals surface area contributed by atoms with E-state index in [0.29, 0.717) is 28.0 Å². The monoisotopic (exact) mass is 388 g/mol. The number of methoxy groups -OCH3 is 1. The standard InChI is InChI=1S/C24H20O5/c1-28-16-12-10-15(11-13-16)14-21(25)29-24-20-9-5-4-8-19(20)22(26)17-6-2-3-7-18(17)23(24)27/h2-13,23-24,27H,14H2,1H3/t23-,24-/m0/s1. The molecule has 0 bridgehead atoms. The SMILES string of the molecule is COc1ccc(CC(=O)O[C@H]2c3ccccc3C(=O)c3ccccc3[C@@H]2O)cc1. The van der Waals surface area contributed by atoms with E-state index < -0.39 is 18.2 Å². The number of ether oxygens (including phenoxy) is 2. The number of aliphatic hydroxyl groups is 1. The molecular formula is C24H20O5. The minimum atomic E-state index is -1.14. The molecule has 146 valence electrons. The lowest BCUT2D eigenvalue weighted by Crippen LogP contribution is -2.20. The van der Waals surface area contributed by atoms with Crippen LogP contribution in [-0.2, 0) is 16.0 Å². The summed E-state index contributed by atoms with van der Waals surface area (Å²) in [6.45, 7) is 0. The van der Waals surface area contributed by atoms with Crippen molar-refractivity contribution in [2.24, 2.45) is 0 Å². The van der Waals surface area contributed by atoms with Gasteiger partial charge in [-0.2, -0.15) is 0 Å². The van der Waals surface area contributed by atoms with Gasteiger partial charge in [-0.1, -0.05) is 60.7 Å². The maximum atomic E-state index is 13.0. The van der Waals surface area contributed by atoms with E-state index in [-0.39, 0.29) is 12.2 Å². The van der Waals surface area contributed by atoms with Crippen LogP contribution in [-0.4, -0.2) is 24.0 Å². The van der Waals surface area contributed by atoms with Crippen molar-refractivity contribution >= 4 is 11.8 Å². The molecule has 0 radical (unpaired) electrons. The average Bonchev–Trinajstić information content (AvgIpc) is 2.84. The van der Waals surface area contributed by atoms with Gasteiger partial charge in [-0.15, -0.1) is 0 Å². The molecule has 3 aromatic carbocycles. The van der Waals surface area contributed by atoms with Crippen LogP contribution in [0.15, 0.2) is 72.8 Å². The first-order chi connectivity index (χ1) is 14.1. The predicted octanol–water partition coefficient (Wildman–Crippen LogP) is 3.80. The summed E-state index contributed by atoms with van der Waals surface area (Å²) in [5, 5.41) is 11.0. The lowest BCUT2D eigenvalue weighted by Gasteiger charge is -2.23. The quantitative estimate of drug-likeness (QED) is 0.689. The first-order valence-electron chi connectivity index (χ1n) is 9.31. The molecule has 0 aromatic heterocycles. The Bertz CT molecular complexity index is 1050. The molecule has 0 aliphatic heterocycles. The summed E-state index contributed by atoms with van der Waals surface area (Å²) in [6.07, 6.45) is -2.06. The smallest absolute Gasteiger partial charge is 0.310 e. The average molecular weight is 388 g/mol. The van der Waals surface area contributed by atoms with Gasteiger partial charge in [0.1, 0.15) is 11.9 Å². The van der Waals surface area contributed by atoms with Gasteiger partial charge in [-0.3, -0.25) is 9.59 Å². The fourth-order valence-electron chi connectivity index (χ4n) is 3.61. The first-order valence-corrected chi connectivity index (χ1v) is 9.31. The maximum Gasteiger partial charge on any atom is 0.310 e. The molecular weight excluding hydrogens is 368 g/mol. The van der Waals surface area contributed by atoms with Crippen LogP contribution < -0.4 is 4.74 Å². The number of hydrogen-bond acceptors (Lipinski definition) is 5. The highest BCUT2D eigenvalue weighted by Gasteiger charge is 2.36. The highest BCUT2D eigenvalue weighted by Crippen LogP contribution is 2.40. The summed E-state index contributed by atoms with van der Waals surface area (Å²) in [6, 6.07) is 20.9. The van der Waals surface area contributed by atoms with E-state index >= 15 is 0 Å². The van der Waals surface area contributed by atoms with E-state index in [1.54, 1.807) is 79.9 Å². The van der Waals surface area contributed by atoms with E-state index in [2.05, 4.69) is 0 Å². The highest BCUT2D eigenvalue weighted by atomic mass is 16.6. The molecule has 0 heterocycles. The molecule has 4 rings (SSSR count). The van der Waals surface area contributed by atoms with Gasteiger partial charge >= 0.3 is 5.97 Å². The number of fused-ring (bicyclic) bond motifs is 2. The second kappa shape index (κ2) is 7.89. The van der Waals surface area contributed by atoms with Crippen molar-refractivity contribution in [1.82, 2.24) is 0 Å². The van der Waals surface area contributed by atoms with Gasteiger partial charge in [0.05, 0.1) is 13.5 Å². The molecule has 2 atom stereocenters. The highest BCUT2D eigenvalue weighted by molar-refractivity contribution is 6.11. The summed E-state index contributed by atoms with van der Waals surface area (Å²) >= 11 is 0. The van der Waals surface area contributed by atoms with E-state index in [1.165, 1.54) is 0 Å². The van der Waals surface area contributed by atoms with Crippen LogP contribution in [0.2, 0.25) is 0 Å². The van der Waals surface area contributed by atoms with Gasteiger partial charge in [0, 0.05) is 16.7 Å². The molecule has 5 nitrogen and oxygen atoms in total. The normalized spacial score (nSPS) is 17.7. The van der Waals surface area contributed by atoms with Crippen LogP contribution >= 0.6 is 0 Å². The van der Waals surface area contributed by atoms with Crippen LogP contribution in [0.1, 0.15) is 44.8 Å². The summed E-state index contributed by atoms with van der Waals surface area (Å²) < 4.78 is 10.8. The minimum absolute atomic E-state index is 0.0466. The molecule has 1 N–H and O–H groups in total. The third-order valence-corrected chi connectivity index (χ3v) is 5.09. The van der Waals surface area contributed by atoms with E-state index in [9.17, 15) is 14.7 Å². The molecule has 0 fully saturated rings. The van der Waals surface area contributed by atoms with Crippen LogP contribution in [0, 0.1) is 0 Å². The third-order valence-electron chi connectivity index (χ3n) is 5.09. The van der Waals surface area contributed by atoms with Gasteiger partial charge in [0.25, 0.3) is 0 Å². The van der Waals surface area contributed by atoms with Crippen molar-refractivity contribution in [3.8, 4) is 5.75 Å². The van der Waals surface area contributed by atoms with Crippen molar-refractivity contribution in [2.45, 2.75) is 18.6 Å². The molecule has 0 saturated carbocycles. The molecule has 1 aliphatic rings. The lowest BCUT2D eigenvalue weighted by atomic mass is 9.98. The molecule has 1 aliphatic carbocycles. The van der Waals surface area contributed by atoms with Crippen LogP contribution in [0.3, 0.4) is 0 Å². The number of esters is 1. The number of rotatable bonds is 4. The molecule has 0 amide bonds. The Labute approximate surface area is 168 Å². The molecule has 29 heavy (non-hydrogen) atoms. The van der Waals surface area contributed by atoms with Crippen molar-refractivity contribution in [3.05, 3.63) is 101 Å². The number of carbonyl (C=O) groups excluding carboxylic acids is 2.